The van der Waals surface area contributed by atoms with Gasteiger partial charge in [-0.25, -0.2) is 4.39 Å². The molecule has 0 amide bonds. The second kappa shape index (κ2) is 3.23. The van der Waals surface area contributed by atoms with E-state index in [0.717, 1.165) is 0 Å². The zero-order chi connectivity index (χ0) is 10.4. The predicted molar refractivity (Wildman–Crippen MR) is 34.9 cm³/mol. The molecule has 0 radical (unpaired) electrons. The van der Waals surface area contributed by atoms with Crippen LogP contribution in [-0.4, -0.2) is 62.2 Å². The van der Waals surface area contributed by atoms with E-state index >= 15 is 0 Å². The first kappa shape index (κ1) is 8.33. The third-order valence-corrected chi connectivity index (χ3v) is 1.91. The molecule has 0 unspecified atom stereocenters. The summed E-state index contributed by atoms with van der Waals surface area (Å²) in [5.41, 5.74) is 0. The quantitative estimate of drug-likeness (QED) is 0.279. The highest BCUT2D eigenvalue weighted by Crippen LogP contribution is 2.23. The van der Waals surface area contributed by atoms with Crippen LogP contribution in [0.1, 0.15) is 1.37 Å². The Kier molecular flexibility index (Phi) is 2.24. The van der Waals surface area contributed by atoms with E-state index < -0.39 is 36.7 Å². The molecule has 1 saturated carbocycles. The highest BCUT2D eigenvalue weighted by molar-refractivity contribution is 4.98. The number of alkyl halides is 1. The van der Waals surface area contributed by atoms with Gasteiger partial charge < -0.3 is 25.5 Å². The molecule has 0 aromatic carbocycles. The summed E-state index contributed by atoms with van der Waals surface area (Å²) in [7, 11) is 0. The van der Waals surface area contributed by atoms with Gasteiger partial charge in [0.1, 0.15) is 30.5 Å². The minimum Gasteiger partial charge on any atom is -0.387 e. The minimum atomic E-state index is -2.90. The molecule has 0 bridgehead atoms. The van der Waals surface area contributed by atoms with Crippen molar-refractivity contribution >= 4 is 0 Å². The van der Waals surface area contributed by atoms with Gasteiger partial charge in [0.2, 0.25) is 0 Å². The highest BCUT2D eigenvalue weighted by Gasteiger charge is 2.48. The van der Waals surface area contributed by atoms with E-state index in [4.69, 9.17) is 26.9 Å². The highest BCUT2D eigenvalue weighted by atomic mass is 19.1. The first-order valence-electron chi connectivity index (χ1n) is 3.89. The fraction of sp³-hybridized carbons (Fsp3) is 1.00. The summed E-state index contributed by atoms with van der Waals surface area (Å²) in [4.78, 5) is 0. The van der Waals surface area contributed by atoms with E-state index in [2.05, 4.69) is 0 Å². The average molecular weight is 184 g/mol. The zero-order valence-electron chi connectivity index (χ0n) is 7.00. The summed E-state index contributed by atoms with van der Waals surface area (Å²) in [6.45, 7) is 0. The van der Waals surface area contributed by atoms with Crippen molar-refractivity contribution in [1.82, 2.24) is 0 Å². The molecular weight excluding hydrogens is 171 g/mol. The molecule has 1 fully saturated rings. The van der Waals surface area contributed by atoms with Crippen LogP contribution < -0.4 is 0 Å². The number of halogens is 1. The SMILES string of the molecule is [3H][C@@]1(O)[C@H](O)[C@@H](F)[C@H](O)[C@@H](O)[C@@H]1O. The van der Waals surface area contributed by atoms with Crippen molar-refractivity contribution in [1.29, 1.82) is 0 Å². The van der Waals surface area contributed by atoms with Crippen LogP contribution in [0.3, 0.4) is 0 Å². The van der Waals surface area contributed by atoms with Gasteiger partial charge in [0.15, 0.2) is 6.17 Å². The number of rotatable bonds is 0. The Hall–Kier alpha value is -0.270. The smallest absolute Gasteiger partial charge is 0.157 e. The van der Waals surface area contributed by atoms with E-state index in [9.17, 15) is 4.39 Å². The number of aliphatic hydroxyl groups is 5. The van der Waals surface area contributed by atoms with Crippen molar-refractivity contribution in [3.8, 4) is 0 Å². The van der Waals surface area contributed by atoms with E-state index in [-0.39, 0.29) is 0 Å². The molecule has 0 aromatic rings. The molecule has 5 nitrogen and oxygen atoms in total. The fourth-order valence-electron chi connectivity index (χ4n) is 1.07. The Bertz CT molecular complexity index is 183. The van der Waals surface area contributed by atoms with Crippen LogP contribution in [-0.2, 0) is 0 Å². The number of aliphatic hydroxyl groups excluding tert-OH is 4. The predicted octanol–water partition coefficient (Wildman–Crippen LogP) is -2.86. The molecule has 0 heterocycles. The molecule has 5 N–H and O–H groups in total. The average Bonchev–Trinajstić information content (AvgIpc) is 2.09. The van der Waals surface area contributed by atoms with Crippen LogP contribution in [0.15, 0.2) is 0 Å². The third-order valence-electron chi connectivity index (χ3n) is 1.91. The zero-order valence-corrected chi connectivity index (χ0v) is 6.00. The molecule has 12 heavy (non-hydrogen) atoms. The maximum absolute atomic E-state index is 12.8. The molecule has 1 aliphatic carbocycles. The molecular formula is C6H11FO5. The second-order valence-corrected chi connectivity index (χ2v) is 2.74. The second-order valence-electron chi connectivity index (χ2n) is 2.74. The van der Waals surface area contributed by atoms with E-state index in [1.54, 1.807) is 0 Å². The van der Waals surface area contributed by atoms with Crippen molar-refractivity contribution in [2.75, 3.05) is 0 Å². The molecule has 0 spiro atoms. The summed E-state index contributed by atoms with van der Waals surface area (Å²) < 4.78 is 19.8. The Morgan fingerprint density at radius 1 is 0.833 bits per heavy atom. The van der Waals surface area contributed by atoms with Gasteiger partial charge in [0, 0.05) is 0 Å². The first-order chi connectivity index (χ1) is 5.80. The topological polar surface area (TPSA) is 101 Å². The van der Waals surface area contributed by atoms with Crippen LogP contribution >= 0.6 is 0 Å². The van der Waals surface area contributed by atoms with Crippen molar-refractivity contribution in [3.05, 3.63) is 0 Å². The van der Waals surface area contributed by atoms with Crippen molar-refractivity contribution < 1.29 is 31.3 Å². The van der Waals surface area contributed by atoms with Crippen LogP contribution in [0.5, 0.6) is 0 Å². The fourth-order valence-corrected chi connectivity index (χ4v) is 1.07. The van der Waals surface area contributed by atoms with Crippen LogP contribution in [0.25, 0.3) is 0 Å². The van der Waals surface area contributed by atoms with E-state index in [1.165, 1.54) is 0 Å². The van der Waals surface area contributed by atoms with Crippen LogP contribution in [0, 0.1) is 0 Å². The third kappa shape index (κ3) is 1.32. The lowest BCUT2D eigenvalue weighted by atomic mass is 9.86. The Balaban J connectivity index is 2.93. The summed E-state index contributed by atoms with van der Waals surface area (Å²) in [6.07, 6.45) is -13.6. The van der Waals surface area contributed by atoms with Crippen molar-refractivity contribution in [2.45, 2.75) is 36.7 Å². The maximum Gasteiger partial charge on any atom is 0.157 e. The van der Waals surface area contributed by atoms with Gasteiger partial charge in [-0.15, -0.1) is 0 Å². The summed E-state index contributed by atoms with van der Waals surface area (Å²) in [6, 6.07) is 0. The Labute approximate surface area is 69.1 Å². The Morgan fingerprint density at radius 2 is 1.33 bits per heavy atom. The molecule has 72 valence electrons. The van der Waals surface area contributed by atoms with Gasteiger partial charge >= 0.3 is 0 Å². The van der Waals surface area contributed by atoms with Gasteiger partial charge in [-0.05, 0) is 0 Å². The van der Waals surface area contributed by atoms with Crippen LogP contribution in [0.4, 0.5) is 4.39 Å². The van der Waals surface area contributed by atoms with Crippen molar-refractivity contribution in [2.24, 2.45) is 0 Å². The van der Waals surface area contributed by atoms with Gasteiger partial charge in [-0.1, -0.05) is 0 Å². The molecule has 6 heteroatoms. The van der Waals surface area contributed by atoms with Gasteiger partial charge in [0.05, 0.1) is 1.37 Å². The molecule has 0 aliphatic heterocycles. The van der Waals surface area contributed by atoms with Crippen LogP contribution in [0.2, 0.25) is 0 Å². The number of hydrogen-bond donors (Lipinski definition) is 5. The summed E-state index contributed by atoms with van der Waals surface area (Å²) >= 11 is 0. The summed E-state index contributed by atoms with van der Waals surface area (Å²) in [5.74, 6) is 0. The maximum atomic E-state index is 12.8. The van der Waals surface area contributed by atoms with E-state index in [1.807, 2.05) is 0 Å². The largest absolute Gasteiger partial charge is 0.387 e. The molecule has 6 atom stereocenters. The van der Waals surface area contributed by atoms with Gasteiger partial charge in [-0.3, -0.25) is 0 Å². The molecule has 0 saturated heterocycles. The monoisotopic (exact) mass is 184 g/mol. The van der Waals surface area contributed by atoms with Crippen molar-refractivity contribution in [3.63, 3.8) is 0 Å². The van der Waals surface area contributed by atoms with Gasteiger partial charge in [-0.2, -0.15) is 0 Å². The Morgan fingerprint density at radius 3 is 1.83 bits per heavy atom. The number of hydrogen-bond acceptors (Lipinski definition) is 5. The van der Waals surface area contributed by atoms with E-state index in [0.29, 0.717) is 0 Å². The first-order valence-corrected chi connectivity index (χ1v) is 3.39. The molecule has 0 aromatic heterocycles. The van der Waals surface area contributed by atoms with Gasteiger partial charge in [0.25, 0.3) is 0 Å². The lowest BCUT2D eigenvalue weighted by Gasteiger charge is -2.38. The molecule has 1 rings (SSSR count). The summed E-state index contributed by atoms with van der Waals surface area (Å²) in [5, 5.41) is 44.8. The standard InChI is InChI=1S/C6H11FO5/c7-1-2(8)4(10)6(12)5(11)3(1)9/h1-6,8-12H/t1-,2-,3+,4-,5-,6-/m1/s1/i4T. The normalized spacial score (nSPS) is 62.8. The minimum absolute atomic E-state index is 1.99. The lowest BCUT2D eigenvalue weighted by Crippen LogP contribution is -2.62. The molecule has 1 aliphatic rings. The lowest BCUT2D eigenvalue weighted by molar-refractivity contribution is -0.206.